The van der Waals surface area contributed by atoms with Crippen LogP contribution in [0.2, 0.25) is 0 Å². The first-order valence-corrected chi connectivity index (χ1v) is 9.61. The fourth-order valence-electron chi connectivity index (χ4n) is 2.79. The Hall–Kier alpha value is -2.58. The maximum atomic E-state index is 13.1. The molecule has 26 heavy (non-hydrogen) atoms. The van der Waals surface area contributed by atoms with Crippen LogP contribution in [-0.4, -0.2) is 14.8 Å². The van der Waals surface area contributed by atoms with Crippen molar-refractivity contribution in [3.63, 3.8) is 0 Å². The van der Waals surface area contributed by atoms with Crippen molar-refractivity contribution in [2.45, 2.75) is 43.5 Å². The van der Waals surface area contributed by atoms with E-state index in [2.05, 4.69) is 37.0 Å². The fourth-order valence-corrected chi connectivity index (χ4v) is 3.60. The summed E-state index contributed by atoms with van der Waals surface area (Å²) in [7, 11) is 0. The normalized spacial score (nSPS) is 13.3. The third-order valence-electron chi connectivity index (χ3n) is 4.54. The van der Waals surface area contributed by atoms with Crippen molar-refractivity contribution in [2.75, 3.05) is 0 Å². The van der Waals surface area contributed by atoms with Gasteiger partial charge >= 0.3 is 0 Å². The third kappa shape index (κ3) is 3.51. The second kappa shape index (κ2) is 7.76. The molecule has 0 fully saturated rings. The standard InChI is InChI=1S/C21H21N3OS/c1-4-14(2)16-9-11-17(12-10-16)24-20(25)18-7-5-6-8-19(18)23-21(24)26-15(3)13-22/h5-12,14-15H,4H2,1-3H3/t14-,15-/m1/s1. The van der Waals surface area contributed by atoms with Crippen molar-refractivity contribution >= 4 is 22.7 Å². The molecule has 0 radical (unpaired) electrons. The number of thioether (sulfide) groups is 1. The van der Waals surface area contributed by atoms with Gasteiger partial charge in [-0.25, -0.2) is 4.98 Å². The lowest BCUT2D eigenvalue weighted by Gasteiger charge is -2.15. The van der Waals surface area contributed by atoms with E-state index < -0.39 is 0 Å². The van der Waals surface area contributed by atoms with Crippen LogP contribution in [0, 0.1) is 11.3 Å². The lowest BCUT2D eigenvalue weighted by molar-refractivity contribution is 0.732. The molecule has 1 aromatic heterocycles. The van der Waals surface area contributed by atoms with E-state index in [0.717, 1.165) is 12.1 Å². The minimum absolute atomic E-state index is 0.112. The summed E-state index contributed by atoms with van der Waals surface area (Å²) in [5, 5.41) is 10.00. The van der Waals surface area contributed by atoms with Crippen molar-refractivity contribution in [3.8, 4) is 11.8 Å². The lowest BCUT2D eigenvalue weighted by Crippen LogP contribution is -2.22. The van der Waals surface area contributed by atoms with Crippen molar-refractivity contribution in [1.82, 2.24) is 9.55 Å². The quantitative estimate of drug-likeness (QED) is 0.478. The number of nitrogens with zero attached hydrogens (tertiary/aromatic N) is 3. The second-order valence-electron chi connectivity index (χ2n) is 6.34. The summed E-state index contributed by atoms with van der Waals surface area (Å²) in [5.41, 5.74) is 2.56. The molecule has 2 aromatic carbocycles. The summed E-state index contributed by atoms with van der Waals surface area (Å²) in [4.78, 5) is 17.8. The number of hydrogen-bond acceptors (Lipinski definition) is 4. The van der Waals surface area contributed by atoms with Gasteiger partial charge in [0.2, 0.25) is 0 Å². The molecule has 0 aliphatic heterocycles. The molecule has 1 heterocycles. The van der Waals surface area contributed by atoms with Gasteiger partial charge in [-0.05, 0) is 49.1 Å². The molecular formula is C21H21N3OS. The molecule has 132 valence electrons. The number of aromatic nitrogens is 2. The number of fused-ring (bicyclic) bond motifs is 1. The largest absolute Gasteiger partial charge is 0.268 e. The molecule has 0 unspecified atom stereocenters. The Balaban J connectivity index is 2.19. The monoisotopic (exact) mass is 363 g/mol. The van der Waals surface area contributed by atoms with Crippen LogP contribution in [-0.2, 0) is 0 Å². The van der Waals surface area contributed by atoms with E-state index in [1.165, 1.54) is 17.3 Å². The van der Waals surface area contributed by atoms with Crippen molar-refractivity contribution in [1.29, 1.82) is 5.26 Å². The summed E-state index contributed by atoms with van der Waals surface area (Å²) >= 11 is 1.30. The molecule has 0 bridgehead atoms. The summed E-state index contributed by atoms with van der Waals surface area (Å²) < 4.78 is 1.61. The van der Waals surface area contributed by atoms with E-state index >= 15 is 0 Å². The Morgan fingerprint density at radius 1 is 1.15 bits per heavy atom. The van der Waals surface area contributed by atoms with E-state index in [-0.39, 0.29) is 10.8 Å². The third-order valence-corrected chi connectivity index (χ3v) is 5.49. The molecule has 2 atom stereocenters. The van der Waals surface area contributed by atoms with E-state index in [0.29, 0.717) is 22.0 Å². The number of nitriles is 1. The van der Waals surface area contributed by atoms with Crippen molar-refractivity contribution in [3.05, 3.63) is 64.4 Å². The molecule has 4 nitrogen and oxygen atoms in total. The summed E-state index contributed by atoms with van der Waals surface area (Å²) in [5.74, 6) is 0.475. The average molecular weight is 363 g/mol. The zero-order chi connectivity index (χ0) is 18.7. The number of hydrogen-bond donors (Lipinski definition) is 0. The van der Waals surface area contributed by atoms with Crippen LogP contribution in [0.1, 0.15) is 38.7 Å². The first-order chi connectivity index (χ1) is 12.5. The minimum atomic E-state index is -0.298. The van der Waals surface area contributed by atoms with Gasteiger partial charge in [0, 0.05) is 0 Å². The Bertz CT molecular complexity index is 1020. The molecular weight excluding hydrogens is 342 g/mol. The summed E-state index contributed by atoms with van der Waals surface area (Å²) in [6.45, 7) is 6.16. The van der Waals surface area contributed by atoms with E-state index in [9.17, 15) is 10.1 Å². The second-order valence-corrected chi connectivity index (χ2v) is 7.65. The molecule has 0 N–H and O–H groups in total. The first kappa shape index (κ1) is 18.2. The predicted octanol–water partition coefficient (Wildman–Crippen LogP) is 4.90. The molecule has 0 aliphatic rings. The molecule has 0 saturated heterocycles. The maximum Gasteiger partial charge on any atom is 0.266 e. The lowest BCUT2D eigenvalue weighted by atomic mass is 9.98. The Labute approximate surface area is 157 Å². The van der Waals surface area contributed by atoms with Gasteiger partial charge in [0.05, 0.1) is 27.9 Å². The highest BCUT2D eigenvalue weighted by molar-refractivity contribution is 8.00. The average Bonchev–Trinajstić information content (AvgIpc) is 2.67. The van der Waals surface area contributed by atoms with Crippen LogP contribution in [0.5, 0.6) is 0 Å². The predicted molar refractivity (Wildman–Crippen MR) is 107 cm³/mol. The zero-order valence-corrected chi connectivity index (χ0v) is 16.0. The van der Waals surface area contributed by atoms with Crippen LogP contribution in [0.15, 0.2) is 58.5 Å². The van der Waals surface area contributed by atoms with Gasteiger partial charge in [-0.3, -0.25) is 9.36 Å². The topological polar surface area (TPSA) is 58.7 Å². The molecule has 0 aliphatic carbocycles. The van der Waals surface area contributed by atoms with Gasteiger partial charge in [0.1, 0.15) is 0 Å². The summed E-state index contributed by atoms with van der Waals surface area (Å²) in [6, 6.07) is 17.6. The number of benzene rings is 2. The number of rotatable bonds is 5. The van der Waals surface area contributed by atoms with E-state index in [1.54, 1.807) is 10.6 Å². The minimum Gasteiger partial charge on any atom is -0.268 e. The Morgan fingerprint density at radius 3 is 2.50 bits per heavy atom. The maximum absolute atomic E-state index is 13.1. The summed E-state index contributed by atoms with van der Waals surface area (Å²) in [6.07, 6.45) is 1.07. The highest BCUT2D eigenvalue weighted by Crippen LogP contribution is 2.26. The van der Waals surface area contributed by atoms with Gasteiger partial charge in [0.25, 0.3) is 5.56 Å². The molecule has 0 saturated carbocycles. The van der Waals surface area contributed by atoms with Crippen molar-refractivity contribution < 1.29 is 0 Å². The molecule has 0 amide bonds. The van der Waals surface area contributed by atoms with E-state index in [1.807, 2.05) is 37.3 Å². The van der Waals surface area contributed by atoms with Crippen LogP contribution in [0.3, 0.4) is 0 Å². The van der Waals surface area contributed by atoms with Gasteiger partial charge in [-0.15, -0.1) is 0 Å². The molecule has 3 aromatic rings. The Kier molecular flexibility index (Phi) is 5.43. The first-order valence-electron chi connectivity index (χ1n) is 8.73. The smallest absolute Gasteiger partial charge is 0.266 e. The van der Waals surface area contributed by atoms with Gasteiger partial charge in [0.15, 0.2) is 5.16 Å². The fraction of sp³-hybridized carbons (Fsp3) is 0.286. The highest BCUT2D eigenvalue weighted by atomic mass is 32.2. The zero-order valence-electron chi connectivity index (χ0n) is 15.1. The molecule has 3 rings (SSSR count). The number of para-hydroxylation sites is 1. The van der Waals surface area contributed by atoms with E-state index in [4.69, 9.17) is 0 Å². The molecule has 0 spiro atoms. The van der Waals surface area contributed by atoms with Crippen molar-refractivity contribution in [2.24, 2.45) is 0 Å². The van der Waals surface area contributed by atoms with Crippen LogP contribution >= 0.6 is 11.8 Å². The SMILES string of the molecule is CC[C@@H](C)c1ccc(-n2c(S[C@H](C)C#N)nc3ccccc3c2=O)cc1. The van der Waals surface area contributed by atoms with Crippen LogP contribution in [0.25, 0.3) is 16.6 Å². The van der Waals surface area contributed by atoms with Gasteiger partial charge < -0.3 is 0 Å². The van der Waals surface area contributed by atoms with Gasteiger partial charge in [-0.2, -0.15) is 5.26 Å². The Morgan fingerprint density at radius 2 is 1.85 bits per heavy atom. The van der Waals surface area contributed by atoms with Crippen LogP contribution in [0.4, 0.5) is 0 Å². The van der Waals surface area contributed by atoms with Crippen LogP contribution < -0.4 is 5.56 Å². The van der Waals surface area contributed by atoms with Gasteiger partial charge in [-0.1, -0.05) is 49.9 Å². The highest BCUT2D eigenvalue weighted by Gasteiger charge is 2.16. The molecule has 5 heteroatoms.